The molecule has 0 radical (unpaired) electrons. The predicted molar refractivity (Wildman–Crippen MR) is 135 cm³/mol. The lowest BCUT2D eigenvalue weighted by Gasteiger charge is -2.22. The number of ether oxygens (including phenoxy) is 1. The summed E-state index contributed by atoms with van der Waals surface area (Å²) in [6, 6.07) is 11.8. The Morgan fingerprint density at radius 1 is 1.36 bits per heavy atom. The molecule has 3 N–H and O–H groups in total. The fraction of sp³-hybridized carbons (Fsp3) is 0.435. The van der Waals surface area contributed by atoms with Crippen LogP contribution in [0, 0.1) is 11.3 Å². The maximum Gasteiger partial charge on any atom is 0.351 e. The van der Waals surface area contributed by atoms with Gasteiger partial charge in [0.05, 0.1) is 37.4 Å². The lowest BCUT2D eigenvalue weighted by atomic mass is 10.2. The van der Waals surface area contributed by atoms with Crippen LogP contribution in [0.3, 0.4) is 0 Å². The van der Waals surface area contributed by atoms with Crippen molar-refractivity contribution in [3.63, 3.8) is 0 Å². The van der Waals surface area contributed by atoms with E-state index < -0.39 is 32.4 Å². The molecule has 1 aromatic carbocycles. The summed E-state index contributed by atoms with van der Waals surface area (Å²) in [6.07, 6.45) is 0.528. The summed E-state index contributed by atoms with van der Waals surface area (Å²) in [5.74, 6) is -1.04. The van der Waals surface area contributed by atoms with Gasteiger partial charge in [-0.25, -0.2) is 9.59 Å². The fourth-order valence-corrected chi connectivity index (χ4v) is 3.15. The molecule has 36 heavy (non-hydrogen) atoms. The van der Waals surface area contributed by atoms with Gasteiger partial charge in [-0.1, -0.05) is 18.2 Å². The standard InChI is InChI=1S/C15H23N4O5P.C7H6O2.CH4O/c1-11(10-23-25(4)22-9-5-7-16)24-13(3)19-8-6-14(17-12(2)20)18-15(19)21;8-7(9)6-4-2-1-3-5-6;1-2/h6,8,11,13H,5,9-10H2,1-4H3,(H,17,18,20,21);1-5H,(H,8,9);2H,1H3/t11-,13-,25?;;/m1../s1/i1D;;2T. The van der Waals surface area contributed by atoms with Crippen LogP contribution in [0.15, 0.2) is 47.4 Å². The quantitative estimate of drug-likeness (QED) is 0.291. The van der Waals surface area contributed by atoms with Crippen molar-refractivity contribution in [3.05, 3.63) is 58.6 Å². The topological polar surface area (TPSA) is 173 Å². The lowest BCUT2D eigenvalue weighted by Crippen LogP contribution is -2.30. The zero-order chi connectivity index (χ0) is 28.9. The molecule has 2 rings (SSSR count). The van der Waals surface area contributed by atoms with Crippen LogP contribution in [0.1, 0.15) is 45.1 Å². The third-order valence-corrected chi connectivity index (χ3v) is 4.92. The van der Waals surface area contributed by atoms with Crippen LogP contribution < -0.4 is 11.0 Å². The van der Waals surface area contributed by atoms with Crippen LogP contribution in [0.25, 0.3) is 0 Å². The molecule has 1 amide bonds. The number of aromatic nitrogens is 2. The third-order valence-electron chi connectivity index (χ3n) is 3.87. The largest absolute Gasteiger partial charge is 0.478 e. The molecule has 1 unspecified atom stereocenters. The van der Waals surface area contributed by atoms with Crippen LogP contribution in [0.4, 0.5) is 5.82 Å². The van der Waals surface area contributed by atoms with Crippen molar-refractivity contribution < 1.29 is 35.0 Å². The van der Waals surface area contributed by atoms with Gasteiger partial charge in [0.2, 0.25) is 7.34 Å². The van der Waals surface area contributed by atoms with Crippen LogP contribution in [-0.2, 0) is 18.6 Å². The van der Waals surface area contributed by atoms with E-state index in [2.05, 4.69) is 15.4 Å². The Labute approximate surface area is 214 Å². The van der Waals surface area contributed by atoms with E-state index in [4.69, 9.17) is 27.0 Å². The number of carboxylic acids is 1. The highest BCUT2D eigenvalue weighted by molar-refractivity contribution is 7.46. The highest BCUT2D eigenvalue weighted by Crippen LogP contribution is 2.33. The number of aliphatic hydroxyl groups excluding tert-OH is 1. The number of rotatable bonds is 11. The molecule has 0 aliphatic heterocycles. The molecule has 12 nitrogen and oxygen atoms in total. The number of amides is 1. The van der Waals surface area contributed by atoms with Crippen molar-refractivity contribution in [1.29, 1.82) is 6.69 Å². The number of aliphatic hydroxyl groups is 1. The smallest absolute Gasteiger partial charge is 0.351 e. The van der Waals surface area contributed by atoms with E-state index in [9.17, 15) is 14.4 Å². The SMILES string of the molecule is O=C(O)c1ccccc1.[2H]C[C@H](COP(C)OCCC#N)O[C@H](C)n1ccc(NC(C)=O)nc1=O.[3H]OC. The number of hydrogen-bond acceptors (Lipinski definition) is 9. The minimum atomic E-state index is -1.16. The van der Waals surface area contributed by atoms with Crippen LogP contribution in [0.2, 0.25) is 0 Å². The van der Waals surface area contributed by atoms with E-state index in [-0.39, 0.29) is 31.7 Å². The molecule has 0 fully saturated rings. The lowest BCUT2D eigenvalue weighted by molar-refractivity contribution is -0.114. The van der Waals surface area contributed by atoms with Crippen molar-refractivity contribution in [2.24, 2.45) is 0 Å². The maximum absolute atomic E-state index is 12.0. The van der Waals surface area contributed by atoms with Crippen LogP contribution in [0.5, 0.6) is 0 Å². The van der Waals surface area contributed by atoms with Crippen molar-refractivity contribution >= 4 is 26.1 Å². The van der Waals surface area contributed by atoms with Crippen molar-refractivity contribution in [3.8, 4) is 6.07 Å². The van der Waals surface area contributed by atoms with Crippen molar-refractivity contribution in [2.75, 3.05) is 32.3 Å². The molecule has 13 heteroatoms. The molecule has 0 bridgehead atoms. The first-order valence-electron chi connectivity index (χ1n) is 11.7. The average molecular weight is 528 g/mol. The van der Waals surface area contributed by atoms with E-state index >= 15 is 0 Å². The van der Waals surface area contributed by atoms with Gasteiger partial charge in [-0.3, -0.25) is 9.36 Å². The second-order valence-electron chi connectivity index (χ2n) is 6.69. The third kappa shape index (κ3) is 14.3. The normalized spacial score (nSPS) is 13.1. The molecule has 0 aliphatic carbocycles. The van der Waals surface area contributed by atoms with Gasteiger partial charge >= 0.3 is 11.7 Å². The number of hydrogen-bond donors (Lipinski definition) is 3. The number of carbonyl (C=O) groups is 2. The van der Waals surface area contributed by atoms with Gasteiger partial charge in [0.1, 0.15) is 12.0 Å². The summed E-state index contributed by atoms with van der Waals surface area (Å²) in [7, 11) is 0.127. The monoisotopic (exact) mass is 527 g/mol. The van der Waals surface area contributed by atoms with Gasteiger partial charge in [0, 0.05) is 28.3 Å². The highest BCUT2D eigenvalue weighted by Gasteiger charge is 2.14. The van der Waals surface area contributed by atoms with Gasteiger partial charge in [-0.15, -0.1) is 0 Å². The fourth-order valence-electron chi connectivity index (χ4n) is 2.35. The molecule has 1 aromatic heterocycles. The van der Waals surface area contributed by atoms with E-state index in [0.29, 0.717) is 12.2 Å². The summed E-state index contributed by atoms with van der Waals surface area (Å²) in [5.41, 5.74) is -0.247. The van der Waals surface area contributed by atoms with Crippen LogP contribution >= 0.6 is 8.38 Å². The van der Waals surface area contributed by atoms with Crippen molar-refractivity contribution in [2.45, 2.75) is 39.5 Å². The van der Waals surface area contributed by atoms with E-state index in [1.807, 2.05) is 6.07 Å². The Hall–Kier alpha value is -3.20. The summed E-state index contributed by atoms with van der Waals surface area (Å²) in [5, 5.41) is 22.8. The Balaban J connectivity index is 0.000000938. The Morgan fingerprint density at radius 2 is 2.03 bits per heavy atom. The highest BCUT2D eigenvalue weighted by atomic mass is 31.2. The molecule has 2 aromatic rings. The molecular weight excluding hydrogens is 491 g/mol. The summed E-state index contributed by atoms with van der Waals surface area (Å²) < 4.78 is 31.1. The number of carboxylic acid groups (broad SMARTS) is 1. The number of carbonyl (C=O) groups excluding carboxylic acids is 1. The minimum absolute atomic E-state index is 0.0577. The van der Waals surface area contributed by atoms with Gasteiger partial charge in [0.25, 0.3) is 0 Å². The average Bonchev–Trinajstić information content (AvgIpc) is 2.87. The summed E-state index contributed by atoms with van der Waals surface area (Å²) >= 11 is 0. The Morgan fingerprint density at radius 3 is 2.53 bits per heavy atom. The maximum atomic E-state index is 12.0. The molecule has 3 atom stereocenters. The van der Waals surface area contributed by atoms with Crippen molar-refractivity contribution in [1.82, 2.24) is 9.55 Å². The number of anilines is 1. The summed E-state index contributed by atoms with van der Waals surface area (Å²) in [6.45, 7) is 5.11. The number of aromatic carboxylic acids is 1. The minimum Gasteiger partial charge on any atom is -0.478 e. The van der Waals surface area contributed by atoms with Gasteiger partial charge in [0.15, 0.2) is 8.38 Å². The number of benzene rings is 1. The van der Waals surface area contributed by atoms with E-state index in [1.54, 1.807) is 43.9 Å². The second-order valence-corrected chi connectivity index (χ2v) is 8.08. The first-order chi connectivity index (χ1) is 18.1. The van der Waals surface area contributed by atoms with Gasteiger partial charge < -0.3 is 29.3 Å². The second kappa shape index (κ2) is 19.0. The van der Waals surface area contributed by atoms with Gasteiger partial charge in [-0.05, 0) is 32.0 Å². The number of nitrogens with one attached hydrogen (secondary N) is 1. The molecule has 198 valence electrons. The van der Waals surface area contributed by atoms with Crippen LogP contribution in [-0.4, -0.2) is 66.2 Å². The molecule has 1 heterocycles. The molecule has 0 saturated heterocycles. The first-order valence-corrected chi connectivity index (χ1v) is 12.2. The Kier molecular flexibility index (Phi) is 15.4. The summed E-state index contributed by atoms with van der Waals surface area (Å²) in [4.78, 5) is 37.0. The zero-order valence-corrected chi connectivity index (χ0v) is 21.5. The predicted octanol–water partition coefficient (Wildman–Crippen LogP) is 3.01. The first kappa shape index (κ1) is 29.0. The molecule has 0 spiro atoms. The number of nitriles is 1. The molecule has 0 aliphatic rings. The molecular formula is C23H33N4O8P. The van der Waals surface area contributed by atoms with E-state index in [0.717, 1.165) is 0 Å². The number of nitrogens with zero attached hydrogens (tertiary/aromatic N) is 3. The molecule has 0 saturated carbocycles. The van der Waals surface area contributed by atoms with E-state index in [1.165, 1.54) is 30.9 Å². The zero-order valence-electron chi connectivity index (χ0n) is 22.6. The van der Waals surface area contributed by atoms with Gasteiger partial charge in [-0.2, -0.15) is 10.2 Å². The Bertz CT molecular complexity index is 1060.